The monoisotopic (exact) mass is 492 g/mol. The van der Waals surface area contributed by atoms with Crippen molar-refractivity contribution in [1.29, 1.82) is 0 Å². The van der Waals surface area contributed by atoms with Crippen molar-refractivity contribution in [3.63, 3.8) is 0 Å². The van der Waals surface area contributed by atoms with Crippen molar-refractivity contribution >= 4 is 29.3 Å². The fourth-order valence-corrected chi connectivity index (χ4v) is 4.63. The number of nitrogens with zero attached hydrogens (tertiary/aromatic N) is 5. The lowest BCUT2D eigenvalue weighted by Gasteiger charge is -2.34. The van der Waals surface area contributed by atoms with Crippen LogP contribution in [0.1, 0.15) is 25.3 Å². The van der Waals surface area contributed by atoms with E-state index in [0.29, 0.717) is 6.54 Å². The Bertz CT molecular complexity index is 1150. The Morgan fingerprint density at radius 1 is 1.11 bits per heavy atom. The van der Waals surface area contributed by atoms with Gasteiger partial charge < -0.3 is 19.9 Å². The Balaban J connectivity index is 1.40. The normalized spacial score (nSPS) is 14.5. The van der Waals surface area contributed by atoms with E-state index in [9.17, 15) is 4.79 Å². The third kappa shape index (κ3) is 6.03. The third-order valence-corrected chi connectivity index (χ3v) is 7.04. The van der Waals surface area contributed by atoms with Gasteiger partial charge in [-0.1, -0.05) is 6.92 Å². The van der Waals surface area contributed by atoms with Crippen molar-refractivity contribution in [3.8, 4) is 17.0 Å². The zero-order valence-electron chi connectivity index (χ0n) is 20.7. The van der Waals surface area contributed by atoms with Crippen LogP contribution in [0.3, 0.4) is 0 Å². The van der Waals surface area contributed by atoms with Crippen LogP contribution in [-0.4, -0.2) is 71.8 Å². The first-order valence-corrected chi connectivity index (χ1v) is 13.0. The Morgan fingerprint density at radius 3 is 2.57 bits per heavy atom. The highest BCUT2D eigenvalue weighted by atomic mass is 32.2. The number of rotatable bonds is 8. The van der Waals surface area contributed by atoms with Crippen LogP contribution in [0, 0.1) is 0 Å². The molecule has 1 atom stereocenters. The van der Waals surface area contributed by atoms with Gasteiger partial charge in [-0.05, 0) is 42.2 Å². The average molecular weight is 493 g/mol. The summed E-state index contributed by atoms with van der Waals surface area (Å²) in [6.07, 6.45) is 5.50. The minimum absolute atomic E-state index is 0.128. The Labute approximate surface area is 211 Å². The molecule has 1 fully saturated rings. The molecule has 4 rings (SSSR count). The zero-order valence-corrected chi connectivity index (χ0v) is 21.5. The summed E-state index contributed by atoms with van der Waals surface area (Å²) in [7, 11) is 1.71. The molecule has 0 radical (unpaired) electrons. The number of carbonyl (C=O) groups is 1. The molecule has 1 aromatic carbocycles. The molecule has 35 heavy (non-hydrogen) atoms. The second-order valence-corrected chi connectivity index (χ2v) is 9.46. The summed E-state index contributed by atoms with van der Waals surface area (Å²) in [5.74, 6) is 2.95. The van der Waals surface area contributed by atoms with Gasteiger partial charge in [-0.3, -0.25) is 4.79 Å². The van der Waals surface area contributed by atoms with E-state index in [4.69, 9.17) is 4.74 Å². The predicted molar refractivity (Wildman–Crippen MR) is 141 cm³/mol. The molecule has 1 aliphatic heterocycles. The van der Waals surface area contributed by atoms with Crippen molar-refractivity contribution in [2.24, 2.45) is 0 Å². The molecule has 0 aliphatic carbocycles. The Morgan fingerprint density at radius 2 is 1.91 bits per heavy atom. The number of benzene rings is 1. The summed E-state index contributed by atoms with van der Waals surface area (Å²) >= 11 is 1.72. The first kappa shape index (κ1) is 24.8. The Kier molecular flexibility index (Phi) is 8.07. The van der Waals surface area contributed by atoms with E-state index in [1.165, 1.54) is 10.5 Å². The van der Waals surface area contributed by atoms with Gasteiger partial charge in [0.1, 0.15) is 23.7 Å². The first-order chi connectivity index (χ1) is 17.0. The number of amides is 1. The summed E-state index contributed by atoms with van der Waals surface area (Å²) in [5, 5.41) is 3.44. The van der Waals surface area contributed by atoms with Crippen molar-refractivity contribution in [2.45, 2.75) is 24.7 Å². The third-order valence-electron chi connectivity index (χ3n) is 6.32. The second kappa shape index (κ2) is 11.4. The first-order valence-electron chi connectivity index (χ1n) is 11.7. The number of anilines is 2. The van der Waals surface area contributed by atoms with Gasteiger partial charge >= 0.3 is 0 Å². The van der Waals surface area contributed by atoms with E-state index in [1.807, 2.05) is 35.4 Å². The number of hydrogen-bond acceptors (Lipinski definition) is 8. The van der Waals surface area contributed by atoms with Gasteiger partial charge in [0.25, 0.3) is 0 Å². The van der Waals surface area contributed by atoms with E-state index >= 15 is 0 Å². The highest BCUT2D eigenvalue weighted by Gasteiger charge is 2.19. The Hall–Kier alpha value is -3.33. The SMILES string of the molecule is COc1ccc(SC)cc1C(C)CNc1cc(-c2ccc(N3CCN(C(C)=O)CC3)nc2)ncn1. The van der Waals surface area contributed by atoms with Gasteiger partial charge in [0, 0.05) is 68.3 Å². The number of methoxy groups -OCH3 is 1. The van der Waals surface area contributed by atoms with Crippen molar-refractivity contribution in [3.05, 3.63) is 54.5 Å². The number of carbonyl (C=O) groups excluding carboxylic acids is 1. The number of thioether (sulfide) groups is 1. The summed E-state index contributed by atoms with van der Waals surface area (Å²) in [4.78, 5) is 30.3. The van der Waals surface area contributed by atoms with Crippen molar-refractivity contribution in [1.82, 2.24) is 19.9 Å². The van der Waals surface area contributed by atoms with Gasteiger partial charge in [0.05, 0.1) is 12.8 Å². The molecule has 2 aromatic heterocycles. The minimum atomic E-state index is 0.128. The van der Waals surface area contributed by atoms with Crippen LogP contribution in [0.2, 0.25) is 0 Å². The van der Waals surface area contributed by atoms with E-state index in [0.717, 1.165) is 54.8 Å². The molecule has 8 nitrogen and oxygen atoms in total. The van der Waals surface area contributed by atoms with Crippen LogP contribution in [-0.2, 0) is 4.79 Å². The summed E-state index contributed by atoms with van der Waals surface area (Å²) in [6, 6.07) is 12.3. The largest absolute Gasteiger partial charge is 0.496 e. The van der Waals surface area contributed by atoms with Gasteiger partial charge in [-0.15, -0.1) is 11.8 Å². The number of aromatic nitrogens is 3. The zero-order chi connectivity index (χ0) is 24.8. The van der Waals surface area contributed by atoms with Gasteiger partial charge in [-0.25, -0.2) is 15.0 Å². The molecule has 1 unspecified atom stereocenters. The molecular weight excluding hydrogens is 460 g/mol. The highest BCUT2D eigenvalue weighted by molar-refractivity contribution is 7.98. The van der Waals surface area contributed by atoms with Crippen LogP contribution >= 0.6 is 11.8 Å². The van der Waals surface area contributed by atoms with Gasteiger partial charge in [0.15, 0.2) is 0 Å². The smallest absolute Gasteiger partial charge is 0.219 e. The molecule has 0 spiro atoms. The fourth-order valence-electron chi connectivity index (χ4n) is 4.18. The van der Waals surface area contributed by atoms with Gasteiger partial charge in [0.2, 0.25) is 5.91 Å². The quantitative estimate of drug-likeness (QED) is 0.470. The maximum absolute atomic E-state index is 11.5. The molecule has 184 valence electrons. The topological polar surface area (TPSA) is 83.5 Å². The summed E-state index contributed by atoms with van der Waals surface area (Å²) in [5.41, 5.74) is 2.92. The van der Waals surface area contributed by atoms with Crippen molar-refractivity contribution in [2.75, 3.05) is 56.3 Å². The van der Waals surface area contributed by atoms with Crippen LogP contribution in [0.15, 0.2) is 53.8 Å². The van der Waals surface area contributed by atoms with Crippen LogP contribution < -0.4 is 15.0 Å². The maximum atomic E-state index is 11.5. The lowest BCUT2D eigenvalue weighted by molar-refractivity contribution is -0.129. The molecule has 1 saturated heterocycles. The van der Waals surface area contributed by atoms with E-state index in [-0.39, 0.29) is 11.8 Å². The number of ether oxygens (including phenoxy) is 1. The molecular formula is C26H32N6O2S. The predicted octanol–water partition coefficient (Wildman–Crippen LogP) is 4.15. The van der Waals surface area contributed by atoms with Gasteiger partial charge in [-0.2, -0.15) is 0 Å². The standard InChI is InChI=1S/C26H32N6O2S/c1-18(22-13-21(35-4)6-7-24(22)34-3)15-27-25-14-23(29-17-30-25)20-5-8-26(28-16-20)32-11-9-31(10-12-32)19(2)33/h5-8,13-14,16-18H,9-12,15H2,1-4H3,(H,27,29,30). The molecule has 9 heteroatoms. The van der Waals surface area contributed by atoms with Crippen LogP contribution in [0.5, 0.6) is 5.75 Å². The molecule has 1 amide bonds. The summed E-state index contributed by atoms with van der Waals surface area (Å²) < 4.78 is 5.57. The van der Waals surface area contributed by atoms with E-state index < -0.39 is 0 Å². The number of pyridine rings is 1. The summed E-state index contributed by atoms with van der Waals surface area (Å²) in [6.45, 7) is 7.54. The van der Waals surface area contributed by atoms with E-state index in [1.54, 1.807) is 32.1 Å². The number of hydrogen-bond donors (Lipinski definition) is 1. The number of piperazine rings is 1. The molecule has 1 aliphatic rings. The minimum Gasteiger partial charge on any atom is -0.496 e. The second-order valence-electron chi connectivity index (χ2n) is 8.58. The lowest BCUT2D eigenvalue weighted by Crippen LogP contribution is -2.48. The molecule has 3 aromatic rings. The van der Waals surface area contributed by atoms with Crippen LogP contribution in [0.25, 0.3) is 11.3 Å². The maximum Gasteiger partial charge on any atom is 0.219 e. The molecule has 0 saturated carbocycles. The lowest BCUT2D eigenvalue weighted by atomic mass is 10.00. The molecule has 1 N–H and O–H groups in total. The van der Waals surface area contributed by atoms with E-state index in [2.05, 4.69) is 50.5 Å². The van der Waals surface area contributed by atoms with Crippen LogP contribution in [0.4, 0.5) is 11.6 Å². The average Bonchev–Trinajstić information content (AvgIpc) is 2.91. The van der Waals surface area contributed by atoms with Crippen molar-refractivity contribution < 1.29 is 9.53 Å². The molecule has 0 bridgehead atoms. The highest BCUT2D eigenvalue weighted by Crippen LogP contribution is 2.31. The number of nitrogens with one attached hydrogen (secondary N) is 1. The fraction of sp³-hybridized carbons (Fsp3) is 0.385. The molecule has 3 heterocycles.